The molecule has 0 saturated carbocycles. The summed E-state index contributed by atoms with van der Waals surface area (Å²) in [5.74, 6) is -0.357. The number of rotatable bonds is 4. The molecule has 33 heavy (non-hydrogen) atoms. The number of hydrogen-bond donors (Lipinski definition) is 1. The molecular weight excluding hydrogens is 492 g/mol. The number of ether oxygens (including phenoxy) is 1. The van der Waals surface area contributed by atoms with Gasteiger partial charge >= 0.3 is 0 Å². The number of nitriles is 1. The Bertz CT molecular complexity index is 1110. The van der Waals surface area contributed by atoms with E-state index in [0.29, 0.717) is 47.2 Å². The fraction of sp³-hybridized carbons (Fsp3) is 0.583. The topological polar surface area (TPSA) is 64.4 Å². The van der Waals surface area contributed by atoms with Gasteiger partial charge in [-0.2, -0.15) is 5.26 Å². The minimum atomic E-state index is -0.873. The lowest BCUT2D eigenvalue weighted by Gasteiger charge is -2.38. The normalized spacial score (nSPS) is 29.9. The van der Waals surface area contributed by atoms with Gasteiger partial charge in [-0.15, -0.1) is 0 Å². The lowest BCUT2D eigenvalue weighted by molar-refractivity contribution is 0.110. The molecule has 6 nitrogen and oxygen atoms in total. The summed E-state index contributed by atoms with van der Waals surface area (Å²) in [6, 6.07) is 6.15. The van der Waals surface area contributed by atoms with E-state index in [-0.39, 0.29) is 35.6 Å². The summed E-state index contributed by atoms with van der Waals surface area (Å²) >= 11 is 3.26. The summed E-state index contributed by atoms with van der Waals surface area (Å²) in [4.78, 5) is 8.77. The molecule has 1 N–H and O–H groups in total. The van der Waals surface area contributed by atoms with Crippen LogP contribution in [0, 0.1) is 17.1 Å². The first-order valence-corrected chi connectivity index (χ1v) is 12.4. The van der Waals surface area contributed by atoms with Crippen LogP contribution in [0.1, 0.15) is 38.7 Å². The minimum Gasteiger partial charge on any atom is -0.475 e. The monoisotopic (exact) mass is 519 g/mol. The van der Waals surface area contributed by atoms with Gasteiger partial charge in [0.2, 0.25) is 5.88 Å². The quantitative estimate of drug-likeness (QED) is 0.654. The van der Waals surface area contributed by atoms with Crippen molar-refractivity contribution in [1.82, 2.24) is 15.2 Å². The zero-order valence-electron chi connectivity index (χ0n) is 18.9. The van der Waals surface area contributed by atoms with Crippen molar-refractivity contribution in [3.63, 3.8) is 0 Å². The van der Waals surface area contributed by atoms with Gasteiger partial charge in [0.1, 0.15) is 29.9 Å². The molecule has 4 atom stereocenters. The molecule has 1 aromatic heterocycles. The number of benzene rings is 1. The molecule has 0 spiro atoms. The first kappa shape index (κ1) is 22.8. The molecule has 0 aliphatic carbocycles. The molecule has 3 aliphatic rings. The van der Waals surface area contributed by atoms with Crippen molar-refractivity contribution in [2.45, 2.75) is 56.9 Å². The van der Waals surface area contributed by atoms with Gasteiger partial charge < -0.3 is 15.0 Å². The second-order valence-electron chi connectivity index (χ2n) is 9.75. The molecule has 2 aromatic rings. The van der Waals surface area contributed by atoms with Crippen molar-refractivity contribution in [1.29, 1.82) is 5.26 Å². The van der Waals surface area contributed by atoms with Crippen molar-refractivity contribution < 1.29 is 13.5 Å². The summed E-state index contributed by atoms with van der Waals surface area (Å²) in [6.45, 7) is 7.05. The second kappa shape index (κ2) is 8.64. The Morgan fingerprint density at radius 1 is 1.30 bits per heavy atom. The Morgan fingerprint density at radius 3 is 2.79 bits per heavy atom. The van der Waals surface area contributed by atoms with E-state index < -0.39 is 12.0 Å². The zero-order valence-corrected chi connectivity index (χ0v) is 20.5. The number of fused-ring (bicyclic) bond motifs is 2. The van der Waals surface area contributed by atoms with Crippen molar-refractivity contribution in [2.24, 2.45) is 0 Å². The molecule has 0 radical (unpaired) electrons. The van der Waals surface area contributed by atoms with E-state index in [1.165, 1.54) is 0 Å². The van der Waals surface area contributed by atoms with Crippen LogP contribution in [0.3, 0.4) is 0 Å². The number of nitrogens with one attached hydrogen (secondary N) is 1. The molecule has 176 valence electrons. The van der Waals surface area contributed by atoms with Crippen molar-refractivity contribution in [3.05, 3.63) is 28.0 Å². The van der Waals surface area contributed by atoms with E-state index in [9.17, 15) is 9.65 Å². The van der Waals surface area contributed by atoms with Gasteiger partial charge in [0, 0.05) is 43.5 Å². The Hall–Kier alpha value is -2.02. The molecule has 0 bridgehead atoms. The number of hydrogen-bond acceptors (Lipinski definition) is 6. The third kappa shape index (κ3) is 3.96. The molecule has 3 aliphatic heterocycles. The van der Waals surface area contributed by atoms with Gasteiger partial charge in [0.05, 0.1) is 15.7 Å². The largest absolute Gasteiger partial charge is 0.475 e. The fourth-order valence-corrected chi connectivity index (χ4v) is 6.25. The maximum atomic E-state index is 15.2. The smallest absolute Gasteiger partial charge is 0.234 e. The molecule has 5 rings (SSSR count). The summed E-state index contributed by atoms with van der Waals surface area (Å²) < 4.78 is 35.9. The van der Waals surface area contributed by atoms with Gasteiger partial charge in [-0.3, -0.25) is 4.90 Å². The van der Waals surface area contributed by atoms with Crippen LogP contribution >= 0.6 is 15.9 Å². The number of pyridine rings is 1. The number of alkyl halides is 1. The standard InChI is InChI=1S/C24H28BrF2N5O/c1-14-10-31(11-15(2)29-14)22-17-4-5-19(25)20(27)21(17)30-23(18(22)9-28)33-13-24-6-3-7-32(24)12-16(26)8-24/h4-5,14-16,29H,3,6-8,10-13H2,1-2H3/t14-,15-,16+,24-/m0/s1. The number of aromatic nitrogens is 1. The summed E-state index contributed by atoms with van der Waals surface area (Å²) in [7, 11) is 0. The van der Waals surface area contributed by atoms with Crippen LogP contribution < -0.4 is 15.0 Å². The molecule has 0 amide bonds. The van der Waals surface area contributed by atoms with Crippen LogP contribution in [-0.2, 0) is 0 Å². The van der Waals surface area contributed by atoms with Crippen molar-refractivity contribution in [3.8, 4) is 11.9 Å². The number of anilines is 1. The molecule has 0 unspecified atom stereocenters. The molecule has 3 saturated heterocycles. The summed E-state index contributed by atoms with van der Waals surface area (Å²) in [6.07, 6.45) is 1.39. The highest BCUT2D eigenvalue weighted by molar-refractivity contribution is 9.10. The van der Waals surface area contributed by atoms with Gasteiger partial charge in [0.15, 0.2) is 5.82 Å². The minimum absolute atomic E-state index is 0.124. The number of halogens is 3. The van der Waals surface area contributed by atoms with E-state index in [0.717, 1.165) is 19.4 Å². The van der Waals surface area contributed by atoms with Gasteiger partial charge in [-0.05, 0) is 61.3 Å². The van der Waals surface area contributed by atoms with Crippen molar-refractivity contribution >= 4 is 32.5 Å². The van der Waals surface area contributed by atoms with Gasteiger partial charge in [0.25, 0.3) is 0 Å². The van der Waals surface area contributed by atoms with E-state index in [4.69, 9.17) is 4.74 Å². The van der Waals surface area contributed by atoms with Crippen molar-refractivity contribution in [2.75, 3.05) is 37.7 Å². The Balaban J connectivity index is 1.60. The predicted molar refractivity (Wildman–Crippen MR) is 127 cm³/mol. The van der Waals surface area contributed by atoms with E-state index >= 15 is 4.39 Å². The van der Waals surface area contributed by atoms with Crippen LogP contribution in [0.2, 0.25) is 0 Å². The number of piperazine rings is 1. The molecule has 4 heterocycles. The molecule has 1 aromatic carbocycles. The maximum Gasteiger partial charge on any atom is 0.234 e. The summed E-state index contributed by atoms with van der Waals surface area (Å²) in [5.41, 5.74) is 0.750. The summed E-state index contributed by atoms with van der Waals surface area (Å²) in [5, 5.41) is 14.3. The second-order valence-corrected chi connectivity index (χ2v) is 10.6. The molecular formula is C24H28BrF2N5O. The molecule has 3 fully saturated rings. The lowest BCUT2D eigenvalue weighted by atomic mass is 9.95. The third-order valence-electron chi connectivity index (χ3n) is 7.21. The SMILES string of the molecule is C[C@H]1CN(c2c(C#N)c(OC[C@@]34CCCN3C[C@H](F)C4)nc3c(F)c(Br)ccc23)C[C@H](C)N1. The van der Waals surface area contributed by atoms with Crippen LogP contribution in [0.15, 0.2) is 16.6 Å². The Kier molecular flexibility index (Phi) is 5.96. The zero-order chi connectivity index (χ0) is 23.3. The van der Waals surface area contributed by atoms with Gasteiger partial charge in [-0.25, -0.2) is 13.8 Å². The highest BCUT2D eigenvalue weighted by Crippen LogP contribution is 2.42. The van der Waals surface area contributed by atoms with Crippen LogP contribution in [0.5, 0.6) is 5.88 Å². The first-order valence-electron chi connectivity index (χ1n) is 11.6. The highest BCUT2D eigenvalue weighted by Gasteiger charge is 2.49. The lowest BCUT2D eigenvalue weighted by Crippen LogP contribution is -2.54. The maximum absolute atomic E-state index is 15.2. The van der Waals surface area contributed by atoms with Crippen LogP contribution in [-0.4, -0.2) is 66.5 Å². The van der Waals surface area contributed by atoms with E-state index in [1.807, 2.05) is 0 Å². The Labute approximate surface area is 201 Å². The van der Waals surface area contributed by atoms with E-state index in [1.54, 1.807) is 12.1 Å². The predicted octanol–water partition coefficient (Wildman–Crippen LogP) is 4.15. The average molecular weight is 520 g/mol. The van der Waals surface area contributed by atoms with Gasteiger partial charge in [-0.1, -0.05) is 0 Å². The van der Waals surface area contributed by atoms with E-state index in [2.05, 4.69) is 55.9 Å². The van der Waals surface area contributed by atoms with Crippen LogP contribution in [0.25, 0.3) is 10.9 Å². The first-order chi connectivity index (χ1) is 15.8. The van der Waals surface area contributed by atoms with Crippen LogP contribution in [0.4, 0.5) is 14.5 Å². The fourth-order valence-electron chi connectivity index (χ4n) is 5.93. The Morgan fingerprint density at radius 2 is 2.06 bits per heavy atom. The number of nitrogens with zero attached hydrogens (tertiary/aromatic N) is 4. The average Bonchev–Trinajstić information content (AvgIpc) is 3.29. The third-order valence-corrected chi connectivity index (χ3v) is 7.82. The highest BCUT2D eigenvalue weighted by atomic mass is 79.9. The molecule has 9 heteroatoms.